The second-order valence-corrected chi connectivity index (χ2v) is 8.37. The van der Waals surface area contributed by atoms with Crippen molar-refractivity contribution in [3.8, 4) is 6.07 Å². The standard InChI is InChI=1S/C13H17N3O2S2/c14-9-10-4-5-13(19-10)20(17,18)15-11-6-8-16-7-2-1-3-12(11)16/h4-5,11-12,15H,1-3,6-8H2. The van der Waals surface area contributed by atoms with E-state index in [1.807, 2.05) is 6.07 Å². The molecule has 108 valence electrons. The molecule has 0 saturated carbocycles. The number of nitrogens with zero attached hydrogens (tertiary/aromatic N) is 2. The van der Waals surface area contributed by atoms with Crippen LogP contribution in [0.5, 0.6) is 0 Å². The van der Waals surface area contributed by atoms with Crippen LogP contribution in [0, 0.1) is 11.3 Å². The van der Waals surface area contributed by atoms with Crippen LogP contribution in [0.1, 0.15) is 30.6 Å². The van der Waals surface area contributed by atoms with Gasteiger partial charge in [-0.2, -0.15) is 5.26 Å². The molecule has 0 bridgehead atoms. The van der Waals surface area contributed by atoms with Crippen LogP contribution in [0.15, 0.2) is 16.3 Å². The van der Waals surface area contributed by atoms with Gasteiger partial charge >= 0.3 is 0 Å². The highest BCUT2D eigenvalue weighted by molar-refractivity contribution is 7.91. The third-order valence-corrected chi connectivity index (χ3v) is 7.09. The Hall–Kier alpha value is -0.940. The van der Waals surface area contributed by atoms with Gasteiger partial charge in [0.25, 0.3) is 0 Å². The van der Waals surface area contributed by atoms with E-state index >= 15 is 0 Å². The quantitative estimate of drug-likeness (QED) is 0.918. The summed E-state index contributed by atoms with van der Waals surface area (Å²) in [6, 6.07) is 5.39. The van der Waals surface area contributed by atoms with Crippen LogP contribution in [0.25, 0.3) is 0 Å². The maximum atomic E-state index is 12.4. The lowest BCUT2D eigenvalue weighted by molar-refractivity contribution is 0.186. The molecule has 2 atom stereocenters. The van der Waals surface area contributed by atoms with Gasteiger partial charge in [0.2, 0.25) is 10.0 Å². The third kappa shape index (κ3) is 2.61. The zero-order valence-corrected chi connectivity index (χ0v) is 12.7. The molecule has 2 saturated heterocycles. The monoisotopic (exact) mass is 311 g/mol. The maximum Gasteiger partial charge on any atom is 0.250 e. The Morgan fingerprint density at radius 2 is 2.15 bits per heavy atom. The molecule has 0 spiro atoms. The molecule has 3 heterocycles. The molecule has 3 rings (SSSR count). The number of hydrogen-bond acceptors (Lipinski definition) is 5. The highest BCUT2D eigenvalue weighted by atomic mass is 32.2. The Balaban J connectivity index is 1.75. The Morgan fingerprint density at radius 3 is 2.90 bits per heavy atom. The molecule has 2 aliphatic rings. The Bertz CT molecular complexity index is 632. The first-order valence-corrected chi connectivity index (χ1v) is 9.16. The van der Waals surface area contributed by atoms with Gasteiger partial charge in [-0.3, -0.25) is 4.90 Å². The SMILES string of the molecule is N#Cc1ccc(S(=O)(=O)NC2CCN3CCCCC23)s1. The maximum absolute atomic E-state index is 12.4. The summed E-state index contributed by atoms with van der Waals surface area (Å²) in [5.74, 6) is 0. The fourth-order valence-electron chi connectivity index (χ4n) is 3.17. The minimum Gasteiger partial charge on any atom is -0.299 e. The van der Waals surface area contributed by atoms with E-state index in [1.165, 1.54) is 18.9 Å². The van der Waals surface area contributed by atoms with Gasteiger partial charge in [-0.05, 0) is 37.9 Å². The van der Waals surface area contributed by atoms with E-state index in [9.17, 15) is 8.42 Å². The van der Waals surface area contributed by atoms with Gasteiger partial charge in [-0.15, -0.1) is 11.3 Å². The van der Waals surface area contributed by atoms with Crippen molar-refractivity contribution in [1.29, 1.82) is 5.26 Å². The van der Waals surface area contributed by atoms with E-state index in [-0.39, 0.29) is 10.3 Å². The fourth-order valence-corrected chi connectivity index (χ4v) is 5.59. The normalized spacial score (nSPS) is 27.1. The van der Waals surface area contributed by atoms with Gasteiger partial charge in [-0.1, -0.05) is 6.42 Å². The summed E-state index contributed by atoms with van der Waals surface area (Å²) in [5, 5.41) is 8.79. The predicted octanol–water partition coefficient (Wildman–Crippen LogP) is 1.52. The number of fused-ring (bicyclic) bond motifs is 1. The summed E-state index contributed by atoms with van der Waals surface area (Å²) in [5.41, 5.74) is 0. The first kappa shape index (κ1) is 14.0. The lowest BCUT2D eigenvalue weighted by Crippen LogP contribution is -2.46. The zero-order chi connectivity index (χ0) is 14.2. The van der Waals surface area contributed by atoms with Crippen LogP contribution < -0.4 is 4.72 Å². The Kier molecular flexibility index (Phi) is 3.82. The third-order valence-electron chi connectivity index (χ3n) is 4.12. The van der Waals surface area contributed by atoms with E-state index in [4.69, 9.17) is 5.26 Å². The van der Waals surface area contributed by atoms with Crippen LogP contribution in [0.3, 0.4) is 0 Å². The minimum absolute atomic E-state index is 0.00735. The summed E-state index contributed by atoms with van der Waals surface area (Å²) in [6.07, 6.45) is 4.34. The smallest absolute Gasteiger partial charge is 0.250 e. The van der Waals surface area contributed by atoms with E-state index in [0.717, 1.165) is 37.3 Å². The molecule has 5 nitrogen and oxygen atoms in total. The second kappa shape index (κ2) is 5.45. The van der Waals surface area contributed by atoms with Crippen molar-refractivity contribution in [2.24, 2.45) is 0 Å². The predicted molar refractivity (Wildman–Crippen MR) is 77.0 cm³/mol. The molecule has 0 amide bonds. The summed E-state index contributed by atoms with van der Waals surface area (Å²) in [4.78, 5) is 2.82. The lowest BCUT2D eigenvalue weighted by Gasteiger charge is -2.32. The molecule has 2 aliphatic heterocycles. The summed E-state index contributed by atoms with van der Waals surface area (Å²) in [6.45, 7) is 2.06. The molecule has 0 radical (unpaired) electrons. The molecular formula is C13H17N3O2S2. The number of nitriles is 1. The Morgan fingerprint density at radius 1 is 1.30 bits per heavy atom. The van der Waals surface area contributed by atoms with E-state index < -0.39 is 10.0 Å². The van der Waals surface area contributed by atoms with E-state index in [2.05, 4.69) is 9.62 Å². The number of rotatable bonds is 3. The molecule has 0 aromatic carbocycles. The molecule has 0 aliphatic carbocycles. The number of hydrogen-bond donors (Lipinski definition) is 1. The van der Waals surface area contributed by atoms with Gasteiger partial charge < -0.3 is 0 Å². The average Bonchev–Trinajstić information content (AvgIpc) is 3.06. The van der Waals surface area contributed by atoms with Crippen molar-refractivity contribution in [3.05, 3.63) is 17.0 Å². The van der Waals surface area contributed by atoms with Crippen molar-refractivity contribution >= 4 is 21.4 Å². The minimum atomic E-state index is -3.49. The first-order chi connectivity index (χ1) is 9.60. The van der Waals surface area contributed by atoms with Gasteiger partial charge in [0.05, 0.1) is 0 Å². The van der Waals surface area contributed by atoms with E-state index in [1.54, 1.807) is 6.07 Å². The molecule has 7 heteroatoms. The van der Waals surface area contributed by atoms with Crippen LogP contribution >= 0.6 is 11.3 Å². The van der Waals surface area contributed by atoms with Crippen LogP contribution in [0.4, 0.5) is 0 Å². The molecule has 2 fully saturated rings. The number of thiophene rings is 1. The largest absolute Gasteiger partial charge is 0.299 e. The summed E-state index contributed by atoms with van der Waals surface area (Å²) >= 11 is 1.03. The summed E-state index contributed by atoms with van der Waals surface area (Å²) in [7, 11) is -3.49. The van der Waals surface area contributed by atoms with Gasteiger partial charge in [-0.25, -0.2) is 13.1 Å². The van der Waals surface area contributed by atoms with Gasteiger partial charge in [0, 0.05) is 18.6 Å². The van der Waals surface area contributed by atoms with Gasteiger partial charge in [0.15, 0.2) is 0 Å². The highest BCUT2D eigenvalue weighted by Gasteiger charge is 2.37. The molecule has 2 unspecified atom stereocenters. The number of nitrogens with one attached hydrogen (secondary N) is 1. The van der Waals surface area contributed by atoms with Crippen LogP contribution in [-0.4, -0.2) is 38.5 Å². The average molecular weight is 311 g/mol. The van der Waals surface area contributed by atoms with Crippen LogP contribution in [-0.2, 0) is 10.0 Å². The van der Waals surface area contributed by atoms with Crippen molar-refractivity contribution in [3.63, 3.8) is 0 Å². The molecule has 1 aromatic heterocycles. The number of sulfonamides is 1. The molecule has 1 aromatic rings. The second-order valence-electron chi connectivity index (χ2n) is 5.35. The molecule has 20 heavy (non-hydrogen) atoms. The van der Waals surface area contributed by atoms with Gasteiger partial charge in [0.1, 0.15) is 15.2 Å². The Labute approximate surface area is 123 Å². The first-order valence-electron chi connectivity index (χ1n) is 6.86. The van der Waals surface area contributed by atoms with Crippen LogP contribution in [0.2, 0.25) is 0 Å². The fraction of sp³-hybridized carbons (Fsp3) is 0.615. The lowest BCUT2D eigenvalue weighted by atomic mass is 10.00. The molecule has 1 N–H and O–H groups in total. The highest BCUT2D eigenvalue weighted by Crippen LogP contribution is 2.29. The molecular weight excluding hydrogens is 294 g/mol. The van der Waals surface area contributed by atoms with Crippen molar-refractivity contribution in [2.45, 2.75) is 42.0 Å². The van der Waals surface area contributed by atoms with Crippen molar-refractivity contribution < 1.29 is 8.42 Å². The number of piperidine rings is 1. The summed E-state index contributed by atoms with van der Waals surface area (Å²) < 4.78 is 27.8. The van der Waals surface area contributed by atoms with Crippen molar-refractivity contribution in [2.75, 3.05) is 13.1 Å². The van der Waals surface area contributed by atoms with Crippen molar-refractivity contribution in [1.82, 2.24) is 9.62 Å². The topological polar surface area (TPSA) is 73.2 Å². The zero-order valence-electron chi connectivity index (χ0n) is 11.1. The van der Waals surface area contributed by atoms with E-state index in [0.29, 0.717) is 10.9 Å².